The quantitative estimate of drug-likeness (QED) is 0.148. The van der Waals surface area contributed by atoms with Crippen molar-refractivity contribution in [1.29, 1.82) is 0 Å². The number of para-hydroxylation sites is 6. The molecule has 11 rings (SSSR count). The van der Waals surface area contributed by atoms with Crippen LogP contribution in [0, 0.1) is 27.7 Å². The van der Waals surface area contributed by atoms with Gasteiger partial charge in [0, 0.05) is 75.6 Å². The van der Waals surface area contributed by atoms with Gasteiger partial charge in [-0.1, -0.05) is 96.3 Å². The Bertz CT molecular complexity index is 3160. The molecule has 2 aliphatic heterocycles. The van der Waals surface area contributed by atoms with E-state index in [1.807, 2.05) is 60.7 Å². The molecule has 9 heteroatoms. The van der Waals surface area contributed by atoms with E-state index >= 15 is 0 Å². The standard InChI is InChI=1S/C60H46N4O2S2.Pt/c1-37-29-45(63-49-17-7-11-21-55(49)67-56-22-12-8-18-50(56)63)30-38(2)59(37)41-25-27-43(53(65)33-41)35-61-47-15-5-6-16-48(47)62-36-44-28-26-42(34-54(44)66)60-39(3)31-46(32-40(60)4)64-51-19-9-13-23-57(51)68-58-24-14-10-20-52(58)64;/h5-36,65-66H,1-4H3;. The summed E-state index contributed by atoms with van der Waals surface area (Å²) in [7, 11) is 0. The van der Waals surface area contributed by atoms with Crippen molar-refractivity contribution in [3.63, 3.8) is 0 Å². The van der Waals surface area contributed by atoms with E-state index in [1.165, 1.54) is 42.3 Å². The van der Waals surface area contributed by atoms with Crippen molar-refractivity contribution in [2.75, 3.05) is 9.80 Å². The smallest absolute Gasteiger partial charge is 0.124 e. The molecule has 0 radical (unpaired) electrons. The summed E-state index contributed by atoms with van der Waals surface area (Å²) in [5.41, 5.74) is 17.8. The van der Waals surface area contributed by atoms with Crippen LogP contribution in [0.2, 0.25) is 0 Å². The van der Waals surface area contributed by atoms with Crippen LogP contribution in [-0.2, 0) is 21.1 Å². The van der Waals surface area contributed by atoms with Crippen LogP contribution in [0.4, 0.5) is 45.5 Å². The second-order valence-electron chi connectivity index (χ2n) is 17.2. The van der Waals surface area contributed by atoms with Crippen LogP contribution in [0.1, 0.15) is 33.4 Å². The molecular formula is C60H46N4O2PtS2. The largest absolute Gasteiger partial charge is 0.507 e. The maximum Gasteiger partial charge on any atom is 0.124 e. The van der Waals surface area contributed by atoms with Gasteiger partial charge in [-0.05, 0) is 181 Å². The Morgan fingerprint density at radius 1 is 0.391 bits per heavy atom. The molecule has 0 saturated heterocycles. The summed E-state index contributed by atoms with van der Waals surface area (Å²) < 4.78 is 0. The minimum Gasteiger partial charge on any atom is -0.507 e. The minimum absolute atomic E-state index is 0. The Morgan fingerprint density at radius 2 is 0.696 bits per heavy atom. The number of aromatic hydroxyl groups is 2. The molecule has 0 fully saturated rings. The summed E-state index contributed by atoms with van der Waals surface area (Å²) in [5, 5.41) is 22.7. The number of benzene rings is 9. The predicted octanol–water partition coefficient (Wildman–Crippen LogP) is 17.0. The average Bonchev–Trinajstić information content (AvgIpc) is 3.34. The van der Waals surface area contributed by atoms with Crippen molar-refractivity contribution in [2.45, 2.75) is 47.3 Å². The summed E-state index contributed by atoms with van der Waals surface area (Å²) >= 11 is 3.60. The van der Waals surface area contributed by atoms with Crippen LogP contribution in [0.3, 0.4) is 0 Å². The molecule has 0 atom stereocenters. The average molecular weight is 1110 g/mol. The number of hydrogen-bond acceptors (Lipinski definition) is 8. The number of hydrogen-bond donors (Lipinski definition) is 2. The van der Waals surface area contributed by atoms with E-state index in [2.05, 4.69) is 159 Å². The van der Waals surface area contributed by atoms with Gasteiger partial charge in [-0.3, -0.25) is 9.98 Å². The van der Waals surface area contributed by atoms with E-state index in [4.69, 9.17) is 9.98 Å². The van der Waals surface area contributed by atoms with Crippen molar-refractivity contribution in [1.82, 2.24) is 0 Å². The van der Waals surface area contributed by atoms with Gasteiger partial charge in [0.25, 0.3) is 0 Å². The first kappa shape index (κ1) is 45.7. The Kier molecular flexibility index (Phi) is 12.7. The Hall–Kier alpha value is -7.09. The van der Waals surface area contributed by atoms with Crippen LogP contribution in [-0.4, -0.2) is 22.6 Å². The van der Waals surface area contributed by atoms with Crippen molar-refractivity contribution in [3.05, 3.63) is 215 Å². The van der Waals surface area contributed by atoms with Crippen LogP contribution < -0.4 is 9.80 Å². The van der Waals surface area contributed by atoms with Gasteiger partial charge < -0.3 is 20.0 Å². The van der Waals surface area contributed by atoms with E-state index in [-0.39, 0.29) is 32.6 Å². The molecule has 0 aliphatic carbocycles. The molecule has 6 nitrogen and oxygen atoms in total. The second kappa shape index (κ2) is 19.1. The van der Waals surface area contributed by atoms with Gasteiger partial charge >= 0.3 is 0 Å². The van der Waals surface area contributed by atoms with Crippen molar-refractivity contribution in [3.8, 4) is 33.8 Å². The monoisotopic (exact) mass is 1110 g/mol. The third-order valence-corrected chi connectivity index (χ3v) is 14.9. The maximum absolute atomic E-state index is 11.4. The molecule has 69 heavy (non-hydrogen) atoms. The van der Waals surface area contributed by atoms with Gasteiger partial charge in [-0.15, -0.1) is 0 Å². The SMILES string of the molecule is Cc1cc(N2c3ccccc3Sc3ccccc32)cc(C)c1-c1ccc(C=Nc2ccccc2N=Cc2ccc(-c3c(C)cc(N4c5ccccc5Sc5ccccc54)cc3C)cc2O)c(O)c1.[Pt]. The number of nitrogens with zero attached hydrogens (tertiary/aromatic N) is 4. The zero-order chi connectivity index (χ0) is 46.5. The topological polar surface area (TPSA) is 71.7 Å². The summed E-state index contributed by atoms with van der Waals surface area (Å²) in [4.78, 5) is 19.1. The minimum atomic E-state index is 0. The number of fused-ring (bicyclic) bond motifs is 4. The number of anilines is 6. The van der Waals surface area contributed by atoms with E-state index in [1.54, 1.807) is 36.0 Å². The molecule has 9 aromatic carbocycles. The van der Waals surface area contributed by atoms with E-state index in [0.717, 1.165) is 55.9 Å². The Morgan fingerprint density at radius 3 is 1.01 bits per heavy atom. The third kappa shape index (κ3) is 8.70. The molecule has 340 valence electrons. The zero-order valence-corrected chi connectivity index (χ0v) is 42.2. The van der Waals surface area contributed by atoms with E-state index < -0.39 is 0 Å². The van der Waals surface area contributed by atoms with Gasteiger partial charge in [-0.25, -0.2) is 0 Å². The first-order valence-electron chi connectivity index (χ1n) is 22.6. The number of rotatable bonds is 8. The Labute approximate surface area is 426 Å². The first-order chi connectivity index (χ1) is 33.2. The van der Waals surface area contributed by atoms with Gasteiger partial charge in [-0.2, -0.15) is 0 Å². The zero-order valence-electron chi connectivity index (χ0n) is 38.3. The number of aryl methyl sites for hydroxylation is 4. The molecule has 0 aromatic heterocycles. The molecule has 9 aromatic rings. The fraction of sp³-hybridized carbons (Fsp3) is 0.0667. The Balaban J connectivity index is 0.00000553. The molecule has 2 N–H and O–H groups in total. The summed E-state index contributed by atoms with van der Waals surface area (Å²) in [6.07, 6.45) is 3.34. The van der Waals surface area contributed by atoms with Crippen molar-refractivity contribution in [2.24, 2.45) is 9.98 Å². The fourth-order valence-corrected chi connectivity index (χ4v) is 11.7. The fourth-order valence-electron chi connectivity index (χ4n) is 9.59. The van der Waals surface area contributed by atoms with Gasteiger partial charge in [0.05, 0.1) is 34.1 Å². The normalized spacial score (nSPS) is 12.6. The molecule has 0 saturated carbocycles. The second-order valence-corrected chi connectivity index (χ2v) is 19.4. The molecule has 0 unspecified atom stereocenters. The van der Waals surface area contributed by atoms with Gasteiger partial charge in [0.2, 0.25) is 0 Å². The van der Waals surface area contributed by atoms with Crippen LogP contribution in [0.25, 0.3) is 22.3 Å². The number of aliphatic imine (C=N–C) groups is 2. The van der Waals surface area contributed by atoms with Crippen LogP contribution in [0.5, 0.6) is 11.5 Å². The van der Waals surface area contributed by atoms with Crippen LogP contribution in [0.15, 0.2) is 212 Å². The van der Waals surface area contributed by atoms with Crippen molar-refractivity contribution < 1.29 is 31.3 Å². The number of phenolic OH excluding ortho intramolecular Hbond substituents is 2. The van der Waals surface area contributed by atoms with Gasteiger partial charge in [0.1, 0.15) is 11.5 Å². The summed E-state index contributed by atoms with van der Waals surface area (Å²) in [6.45, 7) is 8.54. The predicted molar refractivity (Wildman–Crippen MR) is 285 cm³/mol. The molecule has 2 aliphatic rings. The first-order valence-corrected chi connectivity index (χ1v) is 24.2. The molecule has 2 heterocycles. The third-order valence-electron chi connectivity index (χ3n) is 12.6. The van der Waals surface area contributed by atoms with E-state index in [0.29, 0.717) is 22.5 Å². The molecule has 0 amide bonds. The summed E-state index contributed by atoms with van der Waals surface area (Å²) in [5.74, 6) is 0.273. The van der Waals surface area contributed by atoms with E-state index in [9.17, 15) is 10.2 Å². The number of phenols is 2. The molecular weight excluding hydrogens is 1070 g/mol. The molecule has 0 spiro atoms. The summed E-state index contributed by atoms with van der Waals surface area (Å²) in [6, 6.07) is 62.2. The van der Waals surface area contributed by atoms with Crippen molar-refractivity contribution >= 4 is 81.5 Å². The maximum atomic E-state index is 11.4. The molecule has 0 bridgehead atoms. The van der Waals surface area contributed by atoms with Crippen LogP contribution >= 0.6 is 23.5 Å². The van der Waals surface area contributed by atoms with Gasteiger partial charge in [0.15, 0.2) is 0 Å².